The molecule has 102 valence electrons. The highest BCUT2D eigenvalue weighted by molar-refractivity contribution is 6.42. The van der Waals surface area contributed by atoms with Crippen molar-refractivity contribution in [1.82, 2.24) is 19.6 Å². The fraction of sp³-hybridized carbons (Fsp3) is 0.0833. The van der Waals surface area contributed by atoms with Crippen molar-refractivity contribution in [1.29, 1.82) is 0 Å². The number of benzene rings is 1. The van der Waals surface area contributed by atoms with Crippen LogP contribution >= 0.6 is 23.2 Å². The van der Waals surface area contributed by atoms with Crippen LogP contribution in [0.15, 0.2) is 29.1 Å². The Kier molecular flexibility index (Phi) is 3.11. The summed E-state index contributed by atoms with van der Waals surface area (Å²) in [6.07, 6.45) is 0. The monoisotopic (exact) mass is 309 g/mol. The van der Waals surface area contributed by atoms with E-state index in [1.54, 1.807) is 25.1 Å². The van der Waals surface area contributed by atoms with E-state index in [-0.39, 0.29) is 5.56 Å². The van der Waals surface area contributed by atoms with Gasteiger partial charge in [-0.2, -0.15) is 9.50 Å². The molecule has 0 saturated carbocycles. The van der Waals surface area contributed by atoms with E-state index >= 15 is 0 Å². The zero-order chi connectivity index (χ0) is 14.3. The largest absolute Gasteiger partial charge is 0.324 e. The molecule has 6 nitrogen and oxygen atoms in total. The minimum absolute atomic E-state index is 0.220. The topological polar surface area (TPSA) is 75.1 Å². The quantitative estimate of drug-likeness (QED) is 0.763. The average molecular weight is 310 g/mol. The third-order valence-corrected chi connectivity index (χ3v) is 3.38. The number of nitrogens with zero attached hydrogens (tertiary/aromatic N) is 3. The number of aryl methyl sites for hydroxylation is 1. The number of rotatable bonds is 2. The van der Waals surface area contributed by atoms with Crippen LogP contribution in [0, 0.1) is 6.92 Å². The molecule has 0 atom stereocenters. The molecule has 0 unspecified atom stereocenters. The predicted molar refractivity (Wildman–Crippen MR) is 78.1 cm³/mol. The zero-order valence-corrected chi connectivity index (χ0v) is 11.8. The van der Waals surface area contributed by atoms with Crippen molar-refractivity contribution in [2.45, 2.75) is 6.92 Å². The number of fused-ring (bicyclic) bond motifs is 1. The van der Waals surface area contributed by atoms with Gasteiger partial charge in [-0.25, -0.2) is 4.98 Å². The Labute approximate surface area is 123 Å². The highest BCUT2D eigenvalue weighted by Gasteiger charge is 2.07. The van der Waals surface area contributed by atoms with E-state index in [0.29, 0.717) is 33.2 Å². The second kappa shape index (κ2) is 4.81. The van der Waals surface area contributed by atoms with Crippen molar-refractivity contribution in [2.24, 2.45) is 0 Å². The number of aromatic nitrogens is 4. The summed E-state index contributed by atoms with van der Waals surface area (Å²) >= 11 is 11.8. The molecule has 0 amide bonds. The molecule has 0 aliphatic rings. The summed E-state index contributed by atoms with van der Waals surface area (Å²) in [4.78, 5) is 20.1. The SMILES string of the molecule is Cc1cc(=O)n2[nH]c(Nc3ccc(Cl)c(Cl)c3)nc2n1. The van der Waals surface area contributed by atoms with Crippen molar-refractivity contribution in [3.63, 3.8) is 0 Å². The van der Waals surface area contributed by atoms with Crippen LogP contribution in [0.2, 0.25) is 10.0 Å². The Morgan fingerprint density at radius 1 is 1.20 bits per heavy atom. The van der Waals surface area contributed by atoms with Crippen LogP contribution in [0.25, 0.3) is 5.78 Å². The lowest BCUT2D eigenvalue weighted by Crippen LogP contribution is -2.14. The molecule has 0 bridgehead atoms. The fourth-order valence-corrected chi connectivity index (χ4v) is 2.06. The minimum Gasteiger partial charge on any atom is -0.324 e. The van der Waals surface area contributed by atoms with E-state index in [0.717, 1.165) is 0 Å². The van der Waals surface area contributed by atoms with Crippen LogP contribution in [0.1, 0.15) is 5.69 Å². The van der Waals surface area contributed by atoms with Gasteiger partial charge in [-0.05, 0) is 25.1 Å². The maximum Gasteiger partial charge on any atom is 0.274 e. The maximum absolute atomic E-state index is 11.7. The highest BCUT2D eigenvalue weighted by atomic mass is 35.5. The summed E-state index contributed by atoms with van der Waals surface area (Å²) < 4.78 is 1.26. The van der Waals surface area contributed by atoms with Gasteiger partial charge in [0.2, 0.25) is 5.95 Å². The van der Waals surface area contributed by atoms with Gasteiger partial charge in [-0.1, -0.05) is 23.2 Å². The summed E-state index contributed by atoms with van der Waals surface area (Å²) in [5.41, 5.74) is 1.09. The third-order valence-electron chi connectivity index (χ3n) is 2.64. The number of H-pyrrole nitrogens is 1. The molecular weight excluding hydrogens is 301 g/mol. The highest BCUT2D eigenvalue weighted by Crippen LogP contribution is 2.26. The summed E-state index contributed by atoms with van der Waals surface area (Å²) in [5, 5.41) is 6.71. The normalized spacial score (nSPS) is 10.9. The molecule has 0 saturated heterocycles. The van der Waals surface area contributed by atoms with Crippen LogP contribution in [0.4, 0.5) is 11.6 Å². The summed E-state index contributed by atoms with van der Waals surface area (Å²) in [6, 6.07) is 6.51. The van der Waals surface area contributed by atoms with Crippen LogP contribution < -0.4 is 10.9 Å². The number of hydrogen-bond acceptors (Lipinski definition) is 4. The Bertz CT molecular complexity index is 855. The molecule has 2 heterocycles. The molecular formula is C12H9Cl2N5O. The number of halogens is 2. The maximum atomic E-state index is 11.7. The molecule has 0 spiro atoms. The molecule has 8 heteroatoms. The van der Waals surface area contributed by atoms with Gasteiger partial charge >= 0.3 is 0 Å². The van der Waals surface area contributed by atoms with Crippen LogP contribution in [0.5, 0.6) is 0 Å². The average Bonchev–Trinajstić information content (AvgIpc) is 2.76. The number of hydrogen-bond donors (Lipinski definition) is 2. The number of aromatic amines is 1. The standard InChI is InChI=1S/C12H9Cl2N5O/c1-6-4-10(20)19-12(15-6)17-11(18-19)16-7-2-3-8(13)9(14)5-7/h2-5H,1H3,(H2,15,16,17,18). The number of anilines is 2. The molecule has 2 aromatic heterocycles. The molecule has 2 N–H and O–H groups in total. The first-order valence-corrected chi connectivity index (χ1v) is 6.47. The first kappa shape index (κ1) is 13.0. The lowest BCUT2D eigenvalue weighted by Gasteiger charge is -2.03. The van der Waals surface area contributed by atoms with Crippen molar-refractivity contribution in [2.75, 3.05) is 5.32 Å². The molecule has 0 aliphatic carbocycles. The first-order chi connectivity index (χ1) is 9.52. The third kappa shape index (κ3) is 2.35. The van der Waals surface area contributed by atoms with Gasteiger partial charge in [0.1, 0.15) is 0 Å². The zero-order valence-electron chi connectivity index (χ0n) is 10.3. The van der Waals surface area contributed by atoms with E-state index in [2.05, 4.69) is 20.4 Å². The molecule has 3 rings (SSSR count). The van der Waals surface area contributed by atoms with Gasteiger partial charge in [-0.3, -0.25) is 9.89 Å². The lowest BCUT2D eigenvalue weighted by molar-refractivity contribution is 0.892. The Balaban J connectivity index is 2.00. The molecule has 1 aromatic carbocycles. The van der Waals surface area contributed by atoms with Gasteiger partial charge < -0.3 is 5.32 Å². The van der Waals surface area contributed by atoms with E-state index in [1.165, 1.54) is 10.6 Å². The van der Waals surface area contributed by atoms with E-state index < -0.39 is 0 Å². The second-order valence-corrected chi connectivity index (χ2v) is 5.01. The van der Waals surface area contributed by atoms with Gasteiger partial charge in [0, 0.05) is 17.4 Å². The summed E-state index contributed by atoms with van der Waals surface area (Å²) in [7, 11) is 0. The molecule has 0 aliphatic heterocycles. The van der Waals surface area contributed by atoms with Gasteiger partial charge in [-0.15, -0.1) is 0 Å². The van der Waals surface area contributed by atoms with Crippen molar-refractivity contribution in [3.05, 3.63) is 50.4 Å². The van der Waals surface area contributed by atoms with Crippen molar-refractivity contribution >= 4 is 40.6 Å². The smallest absolute Gasteiger partial charge is 0.274 e. The van der Waals surface area contributed by atoms with Crippen LogP contribution in [-0.2, 0) is 0 Å². The number of nitrogens with one attached hydrogen (secondary N) is 2. The molecule has 20 heavy (non-hydrogen) atoms. The summed E-state index contributed by atoms with van der Waals surface area (Å²) in [6.45, 7) is 1.74. The fourth-order valence-electron chi connectivity index (χ4n) is 1.76. The predicted octanol–water partition coefficient (Wildman–Crippen LogP) is 2.78. The van der Waals surface area contributed by atoms with Gasteiger partial charge in [0.15, 0.2) is 0 Å². The molecule has 3 aromatic rings. The van der Waals surface area contributed by atoms with Gasteiger partial charge in [0.25, 0.3) is 11.3 Å². The Morgan fingerprint density at radius 3 is 2.75 bits per heavy atom. The Hall–Kier alpha value is -2.05. The minimum atomic E-state index is -0.220. The van der Waals surface area contributed by atoms with Crippen LogP contribution in [0.3, 0.4) is 0 Å². The van der Waals surface area contributed by atoms with Crippen molar-refractivity contribution in [3.8, 4) is 0 Å². The van der Waals surface area contributed by atoms with E-state index in [4.69, 9.17) is 23.2 Å². The molecule has 0 fully saturated rings. The first-order valence-electron chi connectivity index (χ1n) is 5.71. The summed E-state index contributed by atoms with van der Waals surface area (Å²) in [5.74, 6) is 0.691. The second-order valence-electron chi connectivity index (χ2n) is 4.20. The van der Waals surface area contributed by atoms with Crippen LogP contribution in [-0.4, -0.2) is 19.6 Å². The lowest BCUT2D eigenvalue weighted by atomic mass is 10.3. The Morgan fingerprint density at radius 2 is 2.00 bits per heavy atom. The molecule has 0 radical (unpaired) electrons. The van der Waals surface area contributed by atoms with E-state index in [1.807, 2.05) is 0 Å². The van der Waals surface area contributed by atoms with Crippen molar-refractivity contribution < 1.29 is 0 Å². The van der Waals surface area contributed by atoms with E-state index in [9.17, 15) is 4.79 Å². The van der Waals surface area contributed by atoms with Gasteiger partial charge in [0.05, 0.1) is 10.0 Å².